The molecule has 16 heavy (non-hydrogen) atoms. The van der Waals surface area contributed by atoms with E-state index in [1.54, 1.807) is 18.2 Å². The van der Waals surface area contributed by atoms with Crippen LogP contribution in [0.15, 0.2) is 52.3 Å². The number of para-hydroxylation sites is 1. The van der Waals surface area contributed by atoms with Gasteiger partial charge in [0.15, 0.2) is 0 Å². The van der Waals surface area contributed by atoms with Crippen molar-refractivity contribution in [2.24, 2.45) is 0 Å². The first kappa shape index (κ1) is 11.3. The molecule has 0 atom stereocenters. The van der Waals surface area contributed by atoms with Gasteiger partial charge in [0.2, 0.25) is 0 Å². The van der Waals surface area contributed by atoms with Crippen LogP contribution in [0.3, 0.4) is 0 Å². The minimum absolute atomic E-state index is 0.174. The summed E-state index contributed by atoms with van der Waals surface area (Å²) in [6.45, 7) is 0. The average molecular weight is 254 g/mol. The van der Waals surface area contributed by atoms with Crippen molar-refractivity contribution in [3.8, 4) is 0 Å². The topological polar surface area (TPSA) is 26.0 Å². The van der Waals surface area contributed by atoms with Crippen LogP contribution in [0.2, 0.25) is 5.02 Å². The number of halogens is 2. The highest BCUT2D eigenvalue weighted by Gasteiger charge is 2.06. The van der Waals surface area contributed by atoms with E-state index in [2.05, 4.69) is 0 Å². The van der Waals surface area contributed by atoms with Crippen molar-refractivity contribution < 1.29 is 4.39 Å². The molecule has 0 unspecified atom stereocenters. The monoisotopic (exact) mass is 253 g/mol. The third-order valence-corrected chi connectivity index (χ3v) is 3.34. The molecule has 82 valence electrons. The highest BCUT2D eigenvalue weighted by atomic mass is 35.5. The van der Waals surface area contributed by atoms with Crippen LogP contribution in [0.5, 0.6) is 0 Å². The van der Waals surface area contributed by atoms with Crippen LogP contribution >= 0.6 is 23.4 Å². The van der Waals surface area contributed by atoms with Crippen molar-refractivity contribution in [3.63, 3.8) is 0 Å². The number of anilines is 1. The van der Waals surface area contributed by atoms with E-state index in [9.17, 15) is 4.39 Å². The number of hydrogen-bond donors (Lipinski definition) is 1. The van der Waals surface area contributed by atoms with Crippen LogP contribution in [0, 0.1) is 5.82 Å². The Kier molecular flexibility index (Phi) is 3.36. The maximum absolute atomic E-state index is 13.2. The molecule has 0 saturated carbocycles. The fraction of sp³-hybridized carbons (Fsp3) is 0. The molecule has 2 N–H and O–H groups in total. The molecule has 0 aliphatic heterocycles. The lowest BCUT2D eigenvalue weighted by Gasteiger charge is -2.06. The zero-order chi connectivity index (χ0) is 11.5. The lowest BCUT2D eigenvalue weighted by atomic mass is 10.3. The van der Waals surface area contributed by atoms with Gasteiger partial charge < -0.3 is 5.73 Å². The van der Waals surface area contributed by atoms with Gasteiger partial charge in [0.05, 0.1) is 5.69 Å². The smallest absolute Gasteiger partial charge is 0.147 e. The zero-order valence-corrected chi connectivity index (χ0v) is 9.86. The Bertz CT molecular complexity index is 516. The Labute approximate surface area is 102 Å². The number of rotatable bonds is 2. The summed E-state index contributed by atoms with van der Waals surface area (Å²) in [5, 5.41) is 0.653. The summed E-state index contributed by atoms with van der Waals surface area (Å²) in [7, 11) is 0. The van der Waals surface area contributed by atoms with Gasteiger partial charge in [-0.15, -0.1) is 0 Å². The lowest BCUT2D eigenvalue weighted by molar-refractivity contribution is 0.629. The van der Waals surface area contributed by atoms with E-state index >= 15 is 0 Å². The standard InChI is InChI=1S/C12H9ClFNS/c13-8-3-1-4-9(7-8)16-11-6-2-5-10(14)12(11)15/h1-7H,15H2. The van der Waals surface area contributed by atoms with Crippen molar-refractivity contribution in [1.82, 2.24) is 0 Å². The molecule has 0 saturated heterocycles. The molecule has 0 aromatic heterocycles. The van der Waals surface area contributed by atoms with E-state index in [1.165, 1.54) is 17.8 Å². The fourth-order valence-electron chi connectivity index (χ4n) is 1.26. The first-order chi connectivity index (χ1) is 7.66. The third kappa shape index (κ3) is 2.49. The summed E-state index contributed by atoms with van der Waals surface area (Å²) >= 11 is 7.26. The highest BCUT2D eigenvalue weighted by Crippen LogP contribution is 2.33. The molecule has 0 aliphatic rings. The Morgan fingerprint density at radius 3 is 2.62 bits per heavy atom. The van der Waals surface area contributed by atoms with Gasteiger partial charge in [-0.05, 0) is 30.3 Å². The second-order valence-electron chi connectivity index (χ2n) is 3.21. The van der Waals surface area contributed by atoms with Crippen LogP contribution in [0.25, 0.3) is 0 Å². The van der Waals surface area contributed by atoms with E-state index in [0.29, 0.717) is 9.92 Å². The van der Waals surface area contributed by atoms with Crippen LogP contribution in [-0.4, -0.2) is 0 Å². The number of benzene rings is 2. The van der Waals surface area contributed by atoms with E-state index in [0.717, 1.165) is 4.90 Å². The maximum atomic E-state index is 13.2. The van der Waals surface area contributed by atoms with Crippen LogP contribution in [0.1, 0.15) is 0 Å². The predicted octanol–water partition coefficient (Wildman–Crippen LogP) is 4.21. The second kappa shape index (κ2) is 4.76. The number of nitrogens with two attached hydrogens (primary N) is 1. The van der Waals surface area contributed by atoms with Crippen molar-refractivity contribution >= 4 is 29.1 Å². The van der Waals surface area contributed by atoms with Gasteiger partial charge >= 0.3 is 0 Å². The first-order valence-corrected chi connectivity index (χ1v) is 5.83. The number of nitrogen functional groups attached to an aromatic ring is 1. The van der Waals surface area contributed by atoms with E-state index < -0.39 is 5.82 Å². The van der Waals surface area contributed by atoms with Crippen LogP contribution in [0.4, 0.5) is 10.1 Å². The molecular formula is C12H9ClFNS. The predicted molar refractivity (Wildman–Crippen MR) is 66.4 cm³/mol. The second-order valence-corrected chi connectivity index (χ2v) is 4.76. The largest absolute Gasteiger partial charge is 0.395 e. The van der Waals surface area contributed by atoms with Gasteiger partial charge in [0, 0.05) is 14.8 Å². The molecule has 0 spiro atoms. The van der Waals surface area contributed by atoms with E-state index in [4.69, 9.17) is 17.3 Å². The number of hydrogen-bond acceptors (Lipinski definition) is 2. The summed E-state index contributed by atoms with van der Waals surface area (Å²) in [4.78, 5) is 1.63. The molecule has 2 aromatic carbocycles. The van der Waals surface area contributed by atoms with Gasteiger partial charge in [0.1, 0.15) is 5.82 Å². The Hall–Kier alpha value is -1.19. The molecule has 4 heteroatoms. The SMILES string of the molecule is Nc1c(F)cccc1Sc1cccc(Cl)c1. The molecule has 0 radical (unpaired) electrons. The third-order valence-electron chi connectivity index (χ3n) is 2.04. The van der Waals surface area contributed by atoms with E-state index in [1.807, 2.05) is 18.2 Å². The van der Waals surface area contributed by atoms with Crippen molar-refractivity contribution in [2.45, 2.75) is 9.79 Å². The summed E-state index contributed by atoms with van der Waals surface area (Å²) in [5.74, 6) is -0.396. The van der Waals surface area contributed by atoms with Crippen molar-refractivity contribution in [1.29, 1.82) is 0 Å². The maximum Gasteiger partial charge on any atom is 0.147 e. The van der Waals surface area contributed by atoms with Crippen molar-refractivity contribution in [3.05, 3.63) is 53.3 Å². The minimum atomic E-state index is -0.396. The molecule has 2 rings (SSSR count). The van der Waals surface area contributed by atoms with Crippen LogP contribution in [-0.2, 0) is 0 Å². The van der Waals surface area contributed by atoms with E-state index in [-0.39, 0.29) is 5.69 Å². The molecule has 0 fully saturated rings. The normalized spacial score (nSPS) is 10.4. The molecule has 0 amide bonds. The van der Waals surface area contributed by atoms with Gasteiger partial charge in [0.25, 0.3) is 0 Å². The van der Waals surface area contributed by atoms with Crippen molar-refractivity contribution in [2.75, 3.05) is 5.73 Å². The minimum Gasteiger partial charge on any atom is -0.395 e. The highest BCUT2D eigenvalue weighted by molar-refractivity contribution is 7.99. The molecule has 0 bridgehead atoms. The van der Waals surface area contributed by atoms with Gasteiger partial charge in [-0.2, -0.15) is 0 Å². The summed E-state index contributed by atoms with van der Waals surface area (Å²) in [5.41, 5.74) is 5.81. The van der Waals surface area contributed by atoms with Gasteiger partial charge in [-0.25, -0.2) is 4.39 Å². The van der Waals surface area contributed by atoms with Crippen LogP contribution < -0.4 is 5.73 Å². The molecule has 2 aromatic rings. The average Bonchev–Trinajstić information content (AvgIpc) is 2.25. The quantitative estimate of drug-likeness (QED) is 0.812. The molecule has 0 heterocycles. The fourth-order valence-corrected chi connectivity index (χ4v) is 2.46. The molecule has 1 nitrogen and oxygen atoms in total. The summed E-state index contributed by atoms with van der Waals surface area (Å²) in [6, 6.07) is 12.1. The zero-order valence-electron chi connectivity index (χ0n) is 8.28. The van der Waals surface area contributed by atoms with Gasteiger partial charge in [-0.1, -0.05) is 35.5 Å². The summed E-state index contributed by atoms with van der Waals surface area (Å²) < 4.78 is 13.2. The van der Waals surface area contributed by atoms with Gasteiger partial charge in [-0.3, -0.25) is 0 Å². The molecular weight excluding hydrogens is 245 g/mol. The first-order valence-electron chi connectivity index (χ1n) is 4.64. The lowest BCUT2D eigenvalue weighted by Crippen LogP contribution is -1.92. The Balaban J connectivity index is 2.31. The molecule has 0 aliphatic carbocycles. The Morgan fingerprint density at radius 1 is 1.12 bits per heavy atom. The summed E-state index contributed by atoms with van der Waals surface area (Å²) in [6.07, 6.45) is 0. The Morgan fingerprint density at radius 2 is 1.88 bits per heavy atom.